The van der Waals surface area contributed by atoms with Crippen LogP contribution < -0.4 is 19.7 Å². The molecular formula is C26H20ClIN2O5. The van der Waals surface area contributed by atoms with Gasteiger partial charge in [0.2, 0.25) is 0 Å². The quantitative estimate of drug-likeness (QED) is 0.229. The van der Waals surface area contributed by atoms with Crippen molar-refractivity contribution in [1.82, 2.24) is 5.32 Å². The number of benzene rings is 3. The number of nitrogens with zero attached hydrogens (tertiary/aromatic N) is 1. The highest BCUT2D eigenvalue weighted by Gasteiger charge is 2.37. The normalized spacial score (nSPS) is 14.8. The maximum Gasteiger partial charge on any atom is 0.335 e. The van der Waals surface area contributed by atoms with Crippen molar-refractivity contribution in [1.29, 1.82) is 0 Å². The van der Waals surface area contributed by atoms with E-state index in [9.17, 15) is 14.4 Å². The Labute approximate surface area is 220 Å². The molecule has 1 fully saturated rings. The molecule has 1 heterocycles. The Morgan fingerprint density at radius 1 is 1.06 bits per heavy atom. The fourth-order valence-electron chi connectivity index (χ4n) is 3.59. The molecule has 1 aliphatic heterocycles. The lowest BCUT2D eigenvalue weighted by molar-refractivity contribution is -0.122. The van der Waals surface area contributed by atoms with Gasteiger partial charge in [-0.15, -0.1) is 0 Å². The van der Waals surface area contributed by atoms with E-state index in [4.69, 9.17) is 21.1 Å². The minimum Gasteiger partial charge on any atom is -0.493 e. The number of hydrogen-bond donors (Lipinski definition) is 1. The number of urea groups is 1. The summed E-state index contributed by atoms with van der Waals surface area (Å²) in [5.74, 6) is -0.545. The summed E-state index contributed by atoms with van der Waals surface area (Å²) in [6, 6.07) is 16.9. The molecule has 7 nitrogen and oxygen atoms in total. The molecule has 4 amide bonds. The maximum atomic E-state index is 13.1. The number of barbiturate groups is 1. The average Bonchev–Trinajstić information content (AvgIpc) is 2.80. The van der Waals surface area contributed by atoms with Gasteiger partial charge >= 0.3 is 6.03 Å². The monoisotopic (exact) mass is 602 g/mol. The van der Waals surface area contributed by atoms with Crippen molar-refractivity contribution in [2.45, 2.75) is 13.5 Å². The number of ether oxygens (including phenoxy) is 2. The fourth-order valence-corrected chi connectivity index (χ4v) is 4.56. The Bertz CT molecular complexity index is 1370. The molecule has 1 saturated heterocycles. The van der Waals surface area contributed by atoms with E-state index in [0.717, 1.165) is 19.6 Å². The van der Waals surface area contributed by atoms with Gasteiger partial charge in [0.25, 0.3) is 11.8 Å². The second kappa shape index (κ2) is 10.5. The number of carbonyl (C=O) groups excluding carboxylic acids is 3. The Morgan fingerprint density at radius 2 is 1.83 bits per heavy atom. The van der Waals surface area contributed by atoms with Crippen molar-refractivity contribution in [3.63, 3.8) is 0 Å². The van der Waals surface area contributed by atoms with Gasteiger partial charge in [0, 0.05) is 5.02 Å². The zero-order chi connectivity index (χ0) is 25.1. The second-order valence-corrected chi connectivity index (χ2v) is 9.35. The summed E-state index contributed by atoms with van der Waals surface area (Å²) in [4.78, 5) is 38.9. The molecule has 0 atom stereocenters. The molecule has 0 unspecified atom stereocenters. The molecule has 3 aromatic rings. The number of halogens is 2. The third-order valence-corrected chi connectivity index (χ3v) is 6.23. The van der Waals surface area contributed by atoms with Gasteiger partial charge in [-0.3, -0.25) is 14.9 Å². The van der Waals surface area contributed by atoms with E-state index in [1.807, 2.05) is 31.2 Å². The molecule has 0 radical (unpaired) electrons. The number of carbonyl (C=O) groups is 3. The van der Waals surface area contributed by atoms with Crippen molar-refractivity contribution >= 4 is 63.8 Å². The van der Waals surface area contributed by atoms with E-state index in [1.54, 1.807) is 30.3 Å². The first-order valence-electron chi connectivity index (χ1n) is 10.5. The van der Waals surface area contributed by atoms with Gasteiger partial charge in [-0.2, -0.15) is 0 Å². The lowest BCUT2D eigenvalue weighted by Gasteiger charge is -2.26. The van der Waals surface area contributed by atoms with Crippen LogP contribution in [0.1, 0.15) is 16.7 Å². The van der Waals surface area contributed by atoms with Gasteiger partial charge in [0.05, 0.1) is 16.4 Å². The highest BCUT2D eigenvalue weighted by Crippen LogP contribution is 2.35. The Morgan fingerprint density at radius 3 is 2.54 bits per heavy atom. The van der Waals surface area contributed by atoms with Gasteiger partial charge in [0.15, 0.2) is 11.5 Å². The summed E-state index contributed by atoms with van der Waals surface area (Å²) in [7, 11) is 1.51. The van der Waals surface area contributed by atoms with Gasteiger partial charge in [-0.1, -0.05) is 47.5 Å². The Balaban J connectivity index is 1.64. The van der Waals surface area contributed by atoms with E-state index in [2.05, 4.69) is 27.9 Å². The number of anilines is 1. The number of amides is 4. The van der Waals surface area contributed by atoms with Crippen molar-refractivity contribution in [2.24, 2.45) is 0 Å². The molecule has 0 aliphatic carbocycles. The van der Waals surface area contributed by atoms with Crippen LogP contribution in [0, 0.1) is 10.5 Å². The largest absolute Gasteiger partial charge is 0.493 e. The summed E-state index contributed by atoms with van der Waals surface area (Å²) in [5, 5.41) is 2.56. The number of rotatable bonds is 6. The molecular weight excluding hydrogens is 583 g/mol. The molecule has 1 aliphatic rings. The number of aryl methyl sites for hydroxylation is 1. The minimum absolute atomic E-state index is 0.198. The van der Waals surface area contributed by atoms with Crippen LogP contribution in [0.25, 0.3) is 6.08 Å². The smallest absolute Gasteiger partial charge is 0.335 e. The molecule has 1 N–H and O–H groups in total. The zero-order valence-electron chi connectivity index (χ0n) is 18.8. The molecule has 4 rings (SSSR count). The molecule has 0 aromatic heterocycles. The summed E-state index contributed by atoms with van der Waals surface area (Å²) in [5.41, 5.74) is 2.74. The van der Waals surface area contributed by atoms with Crippen molar-refractivity contribution in [3.05, 3.63) is 91.5 Å². The van der Waals surface area contributed by atoms with Crippen LogP contribution in [0.3, 0.4) is 0 Å². The van der Waals surface area contributed by atoms with Crippen LogP contribution in [0.2, 0.25) is 5.02 Å². The highest BCUT2D eigenvalue weighted by atomic mass is 127. The molecule has 3 aromatic carbocycles. The molecule has 9 heteroatoms. The van der Waals surface area contributed by atoms with Gasteiger partial charge < -0.3 is 9.47 Å². The number of hydrogen-bond acceptors (Lipinski definition) is 5. The second-order valence-electron chi connectivity index (χ2n) is 7.75. The van der Waals surface area contributed by atoms with Gasteiger partial charge in [-0.05, 0) is 77.0 Å². The molecule has 0 saturated carbocycles. The number of nitrogens with one attached hydrogen (secondary N) is 1. The fraction of sp³-hybridized carbons (Fsp3) is 0.115. The van der Waals surface area contributed by atoms with E-state index in [-0.39, 0.29) is 11.3 Å². The standard InChI is InChI=1S/C26H20ClIN2O5/c1-15-5-3-6-16(9-15)14-35-23-21(28)11-17(12-22(23)34-2)10-20-24(31)29-26(33)30(25(20)32)19-8-4-7-18(27)13-19/h3-13H,14H2,1-2H3,(H,29,31,33)/b20-10+. The Kier molecular flexibility index (Phi) is 7.42. The van der Waals surface area contributed by atoms with Crippen molar-refractivity contribution < 1.29 is 23.9 Å². The van der Waals surface area contributed by atoms with E-state index < -0.39 is 17.8 Å². The first-order chi connectivity index (χ1) is 16.8. The average molecular weight is 603 g/mol. The predicted octanol–water partition coefficient (Wildman–Crippen LogP) is 5.51. The first kappa shape index (κ1) is 24.7. The third-order valence-electron chi connectivity index (χ3n) is 5.20. The number of methoxy groups -OCH3 is 1. The third kappa shape index (κ3) is 5.49. The predicted molar refractivity (Wildman–Crippen MR) is 142 cm³/mol. The summed E-state index contributed by atoms with van der Waals surface area (Å²) in [6.07, 6.45) is 1.41. The minimum atomic E-state index is -0.841. The first-order valence-corrected chi connectivity index (χ1v) is 12.0. The SMILES string of the molecule is COc1cc(/C=C2\C(=O)NC(=O)N(c3cccc(Cl)c3)C2=O)cc(I)c1OCc1cccc(C)c1. The van der Waals surface area contributed by atoms with Crippen LogP contribution in [-0.4, -0.2) is 25.0 Å². The van der Waals surface area contributed by atoms with Crippen LogP contribution >= 0.6 is 34.2 Å². The highest BCUT2D eigenvalue weighted by molar-refractivity contribution is 14.1. The van der Waals surface area contributed by atoms with Gasteiger partial charge in [-0.25, -0.2) is 9.69 Å². The molecule has 0 spiro atoms. The summed E-state index contributed by atoms with van der Waals surface area (Å²) in [6.45, 7) is 2.37. The Hall–Kier alpha value is -3.37. The molecule has 35 heavy (non-hydrogen) atoms. The van der Waals surface area contributed by atoms with Crippen LogP contribution in [0.4, 0.5) is 10.5 Å². The molecule has 178 valence electrons. The topological polar surface area (TPSA) is 84.9 Å². The van der Waals surface area contributed by atoms with Gasteiger partial charge in [0.1, 0.15) is 12.2 Å². The van der Waals surface area contributed by atoms with Crippen LogP contribution in [0.5, 0.6) is 11.5 Å². The lowest BCUT2D eigenvalue weighted by atomic mass is 10.1. The van der Waals surface area contributed by atoms with Crippen molar-refractivity contribution in [3.8, 4) is 11.5 Å². The number of imide groups is 2. The van der Waals surface area contributed by atoms with E-state index >= 15 is 0 Å². The van der Waals surface area contributed by atoms with Crippen LogP contribution in [0.15, 0.2) is 66.2 Å². The van der Waals surface area contributed by atoms with E-state index in [1.165, 1.54) is 19.3 Å². The van der Waals surface area contributed by atoms with Crippen molar-refractivity contribution in [2.75, 3.05) is 12.0 Å². The van der Waals surface area contributed by atoms with Crippen LogP contribution in [-0.2, 0) is 16.2 Å². The van der Waals surface area contributed by atoms with E-state index in [0.29, 0.717) is 28.7 Å². The maximum absolute atomic E-state index is 13.1. The summed E-state index contributed by atoms with van der Waals surface area (Å²) >= 11 is 8.13. The summed E-state index contributed by atoms with van der Waals surface area (Å²) < 4.78 is 12.3. The zero-order valence-corrected chi connectivity index (χ0v) is 21.7. The molecule has 0 bridgehead atoms. The lowest BCUT2D eigenvalue weighted by Crippen LogP contribution is -2.54.